The van der Waals surface area contributed by atoms with Crippen LogP contribution in [0.1, 0.15) is 0 Å². The van der Waals surface area contributed by atoms with Crippen molar-refractivity contribution in [3.05, 3.63) is 48.2 Å². The average molecular weight is 185 g/mol. The number of hydrogen-bond acceptors (Lipinski definition) is 2. The molecular weight excluding hydrogens is 178 g/mol. The Bertz CT molecular complexity index is 615. The zero-order valence-electron chi connectivity index (χ0n) is 7.29. The maximum absolute atomic E-state index is 11.5. The second-order valence-electron chi connectivity index (χ2n) is 3.12. The van der Waals surface area contributed by atoms with Crippen LogP contribution in [0.25, 0.3) is 16.6 Å². The van der Waals surface area contributed by atoms with Crippen LogP contribution in [-0.2, 0) is 0 Å². The smallest absolute Gasteiger partial charge is 0.300 e. The third-order valence-electron chi connectivity index (χ3n) is 2.28. The van der Waals surface area contributed by atoms with Gasteiger partial charge in [-0.2, -0.15) is 4.40 Å². The summed E-state index contributed by atoms with van der Waals surface area (Å²) in [5.41, 5.74) is 1.46. The molecule has 0 radical (unpaired) electrons. The Hall–Kier alpha value is -2.10. The Morgan fingerprint density at radius 1 is 1.29 bits per heavy atom. The van der Waals surface area contributed by atoms with E-state index in [9.17, 15) is 5.21 Å². The monoisotopic (exact) mass is 185 g/mol. The Kier molecular flexibility index (Phi) is 1.28. The quantitative estimate of drug-likeness (QED) is 0.389. The topological polar surface area (TPSA) is 44.2 Å². The molecule has 3 aromatic rings. The minimum atomic E-state index is 0.621. The molecule has 0 unspecified atom stereocenters. The lowest BCUT2D eigenvalue weighted by Crippen LogP contribution is -2.23. The molecule has 14 heavy (non-hydrogen) atoms. The van der Waals surface area contributed by atoms with Gasteiger partial charge in [0.1, 0.15) is 12.4 Å². The van der Waals surface area contributed by atoms with Gasteiger partial charge in [-0.3, -0.25) is 0 Å². The minimum absolute atomic E-state index is 0.621. The Labute approximate surface area is 79.6 Å². The van der Waals surface area contributed by atoms with Crippen molar-refractivity contribution < 1.29 is 4.73 Å². The normalized spacial score (nSPS) is 11.1. The zero-order valence-corrected chi connectivity index (χ0v) is 7.29. The molecule has 0 amide bonds. The molecule has 0 aliphatic rings. The summed E-state index contributed by atoms with van der Waals surface area (Å²) in [5.74, 6) is 0. The number of nitrogens with zero attached hydrogens (tertiary/aromatic N) is 3. The van der Waals surface area contributed by atoms with Gasteiger partial charge >= 0.3 is 0 Å². The Morgan fingerprint density at radius 2 is 2.14 bits per heavy atom. The van der Waals surface area contributed by atoms with E-state index in [1.165, 1.54) is 6.20 Å². The van der Waals surface area contributed by atoms with Crippen LogP contribution in [-0.4, -0.2) is 9.38 Å². The van der Waals surface area contributed by atoms with Crippen LogP contribution >= 0.6 is 0 Å². The predicted octanol–water partition coefficient (Wildman–Crippen LogP) is 1.12. The first-order chi connectivity index (χ1) is 6.86. The van der Waals surface area contributed by atoms with Crippen LogP contribution in [0.15, 0.2) is 43.0 Å². The number of imidazole rings is 1. The summed E-state index contributed by atoms with van der Waals surface area (Å²) in [4.78, 5) is 4.23. The van der Waals surface area contributed by atoms with E-state index in [-0.39, 0.29) is 0 Å². The van der Waals surface area contributed by atoms with Crippen molar-refractivity contribution in [3.8, 4) is 0 Å². The van der Waals surface area contributed by atoms with Gasteiger partial charge in [0.2, 0.25) is 0 Å². The third-order valence-corrected chi connectivity index (χ3v) is 2.28. The lowest BCUT2D eigenvalue weighted by atomic mass is 10.2. The summed E-state index contributed by atoms with van der Waals surface area (Å²) in [6.07, 6.45) is 4.82. The van der Waals surface area contributed by atoms with Crippen LogP contribution in [0.5, 0.6) is 0 Å². The fourth-order valence-electron chi connectivity index (χ4n) is 1.64. The van der Waals surface area contributed by atoms with E-state index in [2.05, 4.69) is 4.98 Å². The number of aromatic nitrogens is 3. The van der Waals surface area contributed by atoms with Crippen molar-refractivity contribution in [2.45, 2.75) is 0 Å². The predicted molar refractivity (Wildman–Crippen MR) is 51.7 cm³/mol. The molecular formula is C10H7N3O. The van der Waals surface area contributed by atoms with E-state index in [0.717, 1.165) is 15.6 Å². The highest BCUT2D eigenvalue weighted by Gasteiger charge is 2.09. The van der Waals surface area contributed by atoms with Crippen LogP contribution < -0.4 is 4.73 Å². The molecule has 0 saturated heterocycles. The molecule has 0 fully saturated rings. The second kappa shape index (κ2) is 2.45. The molecule has 0 spiro atoms. The molecule has 0 atom stereocenters. The molecule has 4 heteroatoms. The van der Waals surface area contributed by atoms with Gasteiger partial charge in [-0.05, 0) is 12.1 Å². The first kappa shape index (κ1) is 7.32. The summed E-state index contributed by atoms with van der Waals surface area (Å²) < 4.78 is 2.57. The first-order valence-corrected chi connectivity index (χ1v) is 4.30. The second-order valence-corrected chi connectivity index (χ2v) is 3.12. The fourth-order valence-corrected chi connectivity index (χ4v) is 1.64. The maximum Gasteiger partial charge on any atom is 0.300 e. The van der Waals surface area contributed by atoms with E-state index in [0.29, 0.717) is 5.65 Å². The van der Waals surface area contributed by atoms with Crippen LogP contribution in [0, 0.1) is 5.21 Å². The minimum Gasteiger partial charge on any atom is -0.710 e. The molecule has 0 aliphatic carbocycles. The van der Waals surface area contributed by atoms with Crippen molar-refractivity contribution in [1.82, 2.24) is 9.38 Å². The summed E-state index contributed by atoms with van der Waals surface area (Å²) in [6, 6.07) is 7.59. The van der Waals surface area contributed by atoms with Crippen LogP contribution in [0.2, 0.25) is 0 Å². The zero-order chi connectivity index (χ0) is 9.54. The van der Waals surface area contributed by atoms with Crippen molar-refractivity contribution >= 4 is 16.6 Å². The van der Waals surface area contributed by atoms with Gasteiger partial charge in [0.15, 0.2) is 6.33 Å². The molecule has 68 valence electrons. The number of rotatable bonds is 0. The first-order valence-electron chi connectivity index (χ1n) is 4.30. The molecule has 0 aliphatic heterocycles. The average Bonchev–Trinajstić information content (AvgIpc) is 2.61. The summed E-state index contributed by atoms with van der Waals surface area (Å²) in [5, 5.41) is 12.3. The third kappa shape index (κ3) is 0.821. The summed E-state index contributed by atoms with van der Waals surface area (Å²) in [7, 11) is 0. The van der Waals surface area contributed by atoms with Crippen molar-refractivity contribution in [2.75, 3.05) is 0 Å². The number of para-hydroxylation sites is 1. The van der Waals surface area contributed by atoms with Crippen molar-refractivity contribution in [2.24, 2.45) is 0 Å². The number of hydrogen-bond donors (Lipinski definition) is 0. The molecule has 2 heterocycles. The number of benzene rings is 1. The van der Waals surface area contributed by atoms with Crippen LogP contribution in [0.3, 0.4) is 0 Å². The van der Waals surface area contributed by atoms with Gasteiger partial charge in [-0.25, -0.2) is 9.71 Å². The molecule has 0 saturated carbocycles. The molecule has 4 nitrogen and oxygen atoms in total. The lowest BCUT2D eigenvalue weighted by molar-refractivity contribution is -0.575. The molecule has 2 aromatic heterocycles. The Morgan fingerprint density at radius 3 is 3.07 bits per heavy atom. The van der Waals surface area contributed by atoms with Gasteiger partial charge in [-0.1, -0.05) is 12.1 Å². The highest BCUT2D eigenvalue weighted by molar-refractivity contribution is 5.89. The lowest BCUT2D eigenvalue weighted by Gasteiger charge is -1.99. The standard InChI is InChI=1S/C10H7N3O/c14-13-6-5-12-7-11-9-4-2-1-3-8(9)10(12)13/h1-7H. The molecule has 1 aromatic carbocycles. The van der Waals surface area contributed by atoms with E-state index in [1.807, 2.05) is 24.3 Å². The van der Waals surface area contributed by atoms with Gasteiger partial charge in [-0.15, -0.1) is 0 Å². The van der Waals surface area contributed by atoms with E-state index >= 15 is 0 Å². The van der Waals surface area contributed by atoms with Gasteiger partial charge in [0.05, 0.1) is 10.9 Å². The van der Waals surface area contributed by atoms with Crippen molar-refractivity contribution in [3.63, 3.8) is 0 Å². The maximum atomic E-state index is 11.5. The fraction of sp³-hybridized carbons (Fsp3) is 0. The molecule has 0 N–H and O–H groups in total. The SMILES string of the molecule is [O-][n+]1ccn2cnc3ccccc3c21. The largest absolute Gasteiger partial charge is 0.710 e. The van der Waals surface area contributed by atoms with Gasteiger partial charge in [0, 0.05) is 0 Å². The summed E-state index contributed by atoms with van der Waals surface area (Å²) in [6.45, 7) is 0. The van der Waals surface area contributed by atoms with Crippen molar-refractivity contribution in [1.29, 1.82) is 0 Å². The highest BCUT2D eigenvalue weighted by atomic mass is 16.5. The Balaban J connectivity index is 2.65. The van der Waals surface area contributed by atoms with E-state index in [4.69, 9.17) is 0 Å². The van der Waals surface area contributed by atoms with Gasteiger partial charge < -0.3 is 5.21 Å². The van der Waals surface area contributed by atoms with E-state index < -0.39 is 0 Å². The van der Waals surface area contributed by atoms with E-state index in [1.54, 1.807) is 16.9 Å². The molecule has 3 rings (SSSR count). The van der Waals surface area contributed by atoms with Gasteiger partial charge in [0.25, 0.3) is 5.65 Å². The summed E-state index contributed by atoms with van der Waals surface area (Å²) >= 11 is 0. The van der Waals surface area contributed by atoms with Crippen LogP contribution in [0.4, 0.5) is 0 Å². The molecule has 0 bridgehead atoms. The number of fused-ring (bicyclic) bond motifs is 3. The highest BCUT2D eigenvalue weighted by Crippen LogP contribution is 2.14.